The Kier molecular flexibility index (Phi) is 4.76. The van der Waals surface area contributed by atoms with Gasteiger partial charge in [-0.2, -0.15) is 10.5 Å². The number of nitriles is 2. The summed E-state index contributed by atoms with van der Waals surface area (Å²) in [7, 11) is 0. The Hall–Kier alpha value is -3.19. The minimum atomic E-state index is -0.527. The van der Waals surface area contributed by atoms with Gasteiger partial charge < -0.3 is 9.88 Å². The van der Waals surface area contributed by atoms with Crippen LogP contribution in [0.15, 0.2) is 29.1 Å². The predicted octanol–water partition coefficient (Wildman–Crippen LogP) is 2.11. The van der Waals surface area contributed by atoms with Crippen LogP contribution in [0.25, 0.3) is 0 Å². The third-order valence-corrected chi connectivity index (χ3v) is 4.35. The average Bonchev–Trinajstić information content (AvgIpc) is 2.63. The summed E-state index contributed by atoms with van der Waals surface area (Å²) in [5, 5.41) is 18.3. The Morgan fingerprint density at radius 3 is 2.64 bits per heavy atom. The molecule has 1 aliphatic heterocycles. The molecule has 2 aromatic rings. The summed E-state index contributed by atoms with van der Waals surface area (Å²) in [5.74, 6) is 0.244. The molecule has 1 N–H and O–H groups in total. The van der Waals surface area contributed by atoms with E-state index in [9.17, 15) is 14.4 Å². The smallest absolute Gasteiger partial charge is 0.271 e. The molecule has 6 nitrogen and oxygen atoms in total. The van der Waals surface area contributed by atoms with E-state index in [0.717, 1.165) is 0 Å². The second-order valence-corrected chi connectivity index (χ2v) is 5.98. The van der Waals surface area contributed by atoms with Crippen molar-refractivity contribution in [2.24, 2.45) is 5.92 Å². The van der Waals surface area contributed by atoms with Crippen molar-refractivity contribution in [3.63, 3.8) is 0 Å². The Bertz CT molecular complexity index is 916. The number of hydrogen-bond donors (Lipinski definition) is 1. The summed E-state index contributed by atoms with van der Waals surface area (Å²) in [6.45, 7) is 1.12. The Morgan fingerprint density at radius 2 is 2.00 bits per heavy atom. The molecule has 1 aromatic carbocycles. The molecule has 0 saturated carbocycles. The van der Waals surface area contributed by atoms with Crippen LogP contribution < -0.4 is 10.5 Å². The predicted molar refractivity (Wildman–Crippen MR) is 89.3 cm³/mol. The second kappa shape index (κ2) is 7.14. The normalized spacial score (nSPS) is 14.8. The first-order valence-corrected chi connectivity index (χ1v) is 8.03. The number of hydrogen-bond acceptors (Lipinski definition) is 5. The van der Waals surface area contributed by atoms with Gasteiger partial charge in [0, 0.05) is 25.4 Å². The van der Waals surface area contributed by atoms with Gasteiger partial charge in [0.2, 0.25) is 0 Å². The second-order valence-electron chi connectivity index (χ2n) is 5.98. The van der Waals surface area contributed by atoms with Crippen LogP contribution in [0.3, 0.4) is 0 Å². The molecule has 0 radical (unpaired) electrons. The number of benzene rings is 1. The van der Waals surface area contributed by atoms with Crippen molar-refractivity contribution < 1.29 is 4.39 Å². The van der Waals surface area contributed by atoms with E-state index in [1.807, 2.05) is 11.0 Å². The lowest BCUT2D eigenvalue weighted by atomic mass is 9.98. The van der Waals surface area contributed by atoms with E-state index in [0.29, 0.717) is 43.1 Å². The molecular formula is C18H16FN5O. The molecule has 1 saturated heterocycles. The van der Waals surface area contributed by atoms with Gasteiger partial charge >= 0.3 is 0 Å². The molecule has 0 aliphatic carbocycles. The zero-order valence-corrected chi connectivity index (χ0v) is 13.5. The molecule has 25 heavy (non-hydrogen) atoms. The van der Waals surface area contributed by atoms with Crippen molar-refractivity contribution in [3.05, 3.63) is 57.4 Å². The largest absolute Gasteiger partial charge is 0.355 e. The van der Waals surface area contributed by atoms with Crippen molar-refractivity contribution in [2.45, 2.75) is 19.3 Å². The van der Waals surface area contributed by atoms with Crippen molar-refractivity contribution in [1.82, 2.24) is 9.97 Å². The van der Waals surface area contributed by atoms with E-state index in [4.69, 9.17) is 5.26 Å². The quantitative estimate of drug-likeness (QED) is 0.925. The topological polar surface area (TPSA) is 96.6 Å². The number of aromatic amines is 1. The molecule has 1 aromatic heterocycles. The van der Waals surface area contributed by atoms with Gasteiger partial charge in [-0.3, -0.25) is 4.79 Å². The molecule has 0 amide bonds. The van der Waals surface area contributed by atoms with Gasteiger partial charge in [0.05, 0.1) is 6.07 Å². The summed E-state index contributed by atoms with van der Waals surface area (Å²) in [6, 6.07) is 10.4. The number of H-pyrrole nitrogens is 1. The minimum Gasteiger partial charge on any atom is -0.355 e. The van der Waals surface area contributed by atoms with Crippen LogP contribution in [0.2, 0.25) is 0 Å². The minimum absolute atomic E-state index is 0.0123. The first-order valence-electron chi connectivity index (χ1n) is 8.03. The van der Waals surface area contributed by atoms with Crippen LogP contribution in [-0.2, 0) is 6.42 Å². The monoisotopic (exact) mass is 337 g/mol. The number of nitrogens with zero attached hydrogens (tertiary/aromatic N) is 4. The first kappa shape index (κ1) is 16.7. The zero-order chi connectivity index (χ0) is 17.8. The van der Waals surface area contributed by atoms with E-state index >= 15 is 0 Å². The van der Waals surface area contributed by atoms with Gasteiger partial charge in [-0.05, 0) is 24.5 Å². The molecule has 0 spiro atoms. The number of nitrogens with one attached hydrogen (secondary N) is 1. The fourth-order valence-electron chi connectivity index (χ4n) is 2.96. The molecule has 1 aliphatic rings. The number of piperidine rings is 1. The van der Waals surface area contributed by atoms with Crippen molar-refractivity contribution in [2.75, 3.05) is 18.0 Å². The summed E-state index contributed by atoms with van der Waals surface area (Å²) in [6.07, 6.45) is 1.46. The lowest BCUT2D eigenvalue weighted by Crippen LogP contribution is -2.36. The van der Waals surface area contributed by atoms with Crippen LogP contribution in [0.4, 0.5) is 10.2 Å². The summed E-state index contributed by atoms with van der Waals surface area (Å²) < 4.78 is 13.8. The van der Waals surface area contributed by atoms with Crippen LogP contribution in [0, 0.1) is 34.4 Å². The van der Waals surface area contributed by atoms with Gasteiger partial charge in [-0.1, -0.05) is 18.2 Å². The SMILES string of the molecule is N#Cc1c(N2CCC(C#N)CC2)nc(Cc2ccccc2F)[nH]c1=O. The highest BCUT2D eigenvalue weighted by Gasteiger charge is 2.24. The van der Waals surface area contributed by atoms with Crippen molar-refractivity contribution in [3.8, 4) is 12.1 Å². The molecule has 3 rings (SSSR count). The van der Waals surface area contributed by atoms with Gasteiger partial charge in [0.25, 0.3) is 5.56 Å². The first-order chi connectivity index (χ1) is 12.1. The third-order valence-electron chi connectivity index (χ3n) is 4.35. The Balaban J connectivity index is 1.94. The van der Waals surface area contributed by atoms with E-state index in [1.165, 1.54) is 6.07 Å². The maximum atomic E-state index is 13.8. The molecule has 7 heteroatoms. The summed E-state index contributed by atoms with van der Waals surface area (Å²) in [4.78, 5) is 21.1. The highest BCUT2D eigenvalue weighted by molar-refractivity contribution is 5.53. The molecule has 0 bridgehead atoms. The molecule has 1 fully saturated rings. The maximum absolute atomic E-state index is 13.8. The third kappa shape index (κ3) is 3.51. The Labute approximate surface area is 144 Å². The fourth-order valence-corrected chi connectivity index (χ4v) is 2.96. The van der Waals surface area contributed by atoms with Crippen LogP contribution >= 0.6 is 0 Å². The highest BCUT2D eigenvalue weighted by Crippen LogP contribution is 2.23. The van der Waals surface area contributed by atoms with Gasteiger partial charge in [0.15, 0.2) is 11.4 Å². The number of aromatic nitrogens is 2. The number of halogens is 1. The average molecular weight is 337 g/mol. The molecule has 2 heterocycles. The van der Waals surface area contributed by atoms with Gasteiger partial charge in [-0.25, -0.2) is 9.37 Å². The lowest BCUT2D eigenvalue weighted by Gasteiger charge is -2.30. The van der Waals surface area contributed by atoms with E-state index in [1.54, 1.807) is 18.2 Å². The van der Waals surface area contributed by atoms with Crippen molar-refractivity contribution in [1.29, 1.82) is 10.5 Å². The van der Waals surface area contributed by atoms with E-state index < -0.39 is 5.56 Å². The van der Waals surface area contributed by atoms with Crippen molar-refractivity contribution >= 4 is 5.82 Å². The van der Waals surface area contributed by atoms with Gasteiger partial charge in [-0.15, -0.1) is 0 Å². The number of anilines is 1. The van der Waals surface area contributed by atoms with Crippen LogP contribution in [-0.4, -0.2) is 23.1 Å². The molecule has 0 unspecified atom stereocenters. The van der Waals surface area contributed by atoms with E-state index in [-0.39, 0.29) is 23.7 Å². The Morgan fingerprint density at radius 1 is 1.28 bits per heavy atom. The lowest BCUT2D eigenvalue weighted by molar-refractivity contribution is 0.484. The maximum Gasteiger partial charge on any atom is 0.271 e. The van der Waals surface area contributed by atoms with E-state index in [2.05, 4.69) is 16.0 Å². The van der Waals surface area contributed by atoms with Crippen LogP contribution in [0.1, 0.15) is 29.8 Å². The molecular weight excluding hydrogens is 321 g/mol. The molecule has 0 atom stereocenters. The van der Waals surface area contributed by atoms with Gasteiger partial charge in [0.1, 0.15) is 17.7 Å². The summed E-state index contributed by atoms with van der Waals surface area (Å²) >= 11 is 0. The summed E-state index contributed by atoms with van der Waals surface area (Å²) in [5.41, 5.74) is -0.154. The zero-order valence-electron chi connectivity index (χ0n) is 13.5. The fraction of sp³-hybridized carbons (Fsp3) is 0.333. The molecule has 126 valence electrons. The highest BCUT2D eigenvalue weighted by atomic mass is 19.1. The van der Waals surface area contributed by atoms with Crippen LogP contribution in [0.5, 0.6) is 0 Å². The standard InChI is InChI=1S/C18H16FN5O/c19-15-4-2-1-3-13(15)9-16-22-17(14(11-21)18(25)23-16)24-7-5-12(10-20)6-8-24/h1-4,12H,5-9H2,(H,22,23,25). The number of rotatable bonds is 3.